The van der Waals surface area contributed by atoms with Gasteiger partial charge in [-0.2, -0.15) is 5.10 Å². The minimum atomic E-state index is 0.570. The van der Waals surface area contributed by atoms with Crippen molar-refractivity contribution in [1.82, 2.24) is 9.78 Å². The Kier molecular flexibility index (Phi) is 2.76. The van der Waals surface area contributed by atoms with E-state index in [1.54, 1.807) is 18.0 Å². The van der Waals surface area contributed by atoms with Gasteiger partial charge in [0.05, 0.1) is 13.3 Å². The fourth-order valence-corrected chi connectivity index (χ4v) is 1.14. The molecule has 0 N–H and O–H groups in total. The van der Waals surface area contributed by atoms with Crippen molar-refractivity contribution < 1.29 is 4.74 Å². The summed E-state index contributed by atoms with van der Waals surface area (Å²) in [5, 5.41) is 4.61. The monoisotopic (exact) mass is 174 g/mol. The number of aromatic nitrogens is 2. The van der Waals surface area contributed by atoms with Crippen LogP contribution in [0.1, 0.15) is 13.3 Å². The smallest absolute Gasteiger partial charge is 0.230 e. The minimum Gasteiger partial charge on any atom is -0.480 e. The van der Waals surface area contributed by atoms with Gasteiger partial charge < -0.3 is 4.74 Å². The lowest BCUT2D eigenvalue weighted by atomic mass is 10.5. The number of aryl methyl sites for hydroxylation is 1. The van der Waals surface area contributed by atoms with Gasteiger partial charge >= 0.3 is 0 Å². The molecule has 11 heavy (non-hydrogen) atoms. The van der Waals surface area contributed by atoms with E-state index in [0.29, 0.717) is 10.9 Å². The summed E-state index contributed by atoms with van der Waals surface area (Å²) < 4.78 is 6.79. The van der Waals surface area contributed by atoms with Gasteiger partial charge in [-0.1, -0.05) is 18.5 Å². The maximum absolute atomic E-state index is 5.77. The highest BCUT2D eigenvalue weighted by atomic mass is 35.5. The third kappa shape index (κ3) is 1.66. The average Bonchev–Trinajstić information content (AvgIpc) is 2.33. The van der Waals surface area contributed by atoms with Crippen LogP contribution in [0.5, 0.6) is 5.88 Å². The van der Waals surface area contributed by atoms with Gasteiger partial charge in [0.15, 0.2) is 0 Å². The Hall–Kier alpha value is -0.700. The normalized spacial score (nSPS) is 10.1. The predicted molar refractivity (Wildman–Crippen MR) is 44.1 cm³/mol. The van der Waals surface area contributed by atoms with Crippen LogP contribution in [0.3, 0.4) is 0 Å². The van der Waals surface area contributed by atoms with E-state index in [1.165, 1.54) is 0 Å². The third-order valence-electron chi connectivity index (χ3n) is 1.38. The topological polar surface area (TPSA) is 27.1 Å². The lowest BCUT2D eigenvalue weighted by Gasteiger charge is -2.03. The number of nitrogens with zero attached hydrogens (tertiary/aromatic N) is 2. The number of methoxy groups -OCH3 is 1. The van der Waals surface area contributed by atoms with Gasteiger partial charge in [-0.15, -0.1) is 0 Å². The molecule has 0 aromatic carbocycles. The maximum atomic E-state index is 5.77. The van der Waals surface area contributed by atoms with E-state index in [9.17, 15) is 0 Å². The Morgan fingerprint density at radius 1 is 1.73 bits per heavy atom. The van der Waals surface area contributed by atoms with Crippen LogP contribution in [-0.2, 0) is 6.54 Å². The van der Waals surface area contributed by atoms with Gasteiger partial charge in [0.25, 0.3) is 0 Å². The molecule has 0 bridgehead atoms. The maximum Gasteiger partial charge on any atom is 0.230 e. The quantitative estimate of drug-likeness (QED) is 0.701. The van der Waals surface area contributed by atoms with E-state index in [4.69, 9.17) is 16.3 Å². The summed E-state index contributed by atoms with van der Waals surface area (Å²) in [4.78, 5) is 0. The SMILES string of the molecule is CCCn1ncc(Cl)c1OC. The molecular formula is C7H11ClN2O. The Morgan fingerprint density at radius 3 is 3.00 bits per heavy atom. The summed E-state index contributed by atoms with van der Waals surface area (Å²) in [6.07, 6.45) is 2.62. The molecule has 0 fully saturated rings. The number of halogens is 1. The van der Waals surface area contributed by atoms with Crippen molar-refractivity contribution in [1.29, 1.82) is 0 Å². The van der Waals surface area contributed by atoms with Gasteiger partial charge in [0.2, 0.25) is 5.88 Å². The van der Waals surface area contributed by atoms with Crippen LogP contribution >= 0.6 is 11.6 Å². The molecule has 0 saturated carbocycles. The molecule has 1 aromatic heterocycles. The molecule has 4 heteroatoms. The first-order chi connectivity index (χ1) is 5.29. The molecule has 0 amide bonds. The van der Waals surface area contributed by atoms with Gasteiger partial charge in [-0.3, -0.25) is 0 Å². The Labute approximate surface area is 70.9 Å². The second-order valence-corrected chi connectivity index (χ2v) is 2.63. The molecule has 0 unspecified atom stereocenters. The molecule has 0 aliphatic rings. The molecule has 0 aliphatic heterocycles. The predicted octanol–water partition coefficient (Wildman–Crippen LogP) is 1.96. The number of ether oxygens (including phenoxy) is 1. The van der Waals surface area contributed by atoms with Crippen molar-refractivity contribution in [3.8, 4) is 5.88 Å². The molecule has 0 aliphatic carbocycles. The minimum absolute atomic E-state index is 0.570. The summed E-state index contributed by atoms with van der Waals surface area (Å²) in [7, 11) is 1.59. The zero-order chi connectivity index (χ0) is 8.27. The van der Waals surface area contributed by atoms with Crippen LogP contribution in [0.25, 0.3) is 0 Å². The number of hydrogen-bond donors (Lipinski definition) is 0. The molecule has 1 rings (SSSR count). The summed E-state index contributed by atoms with van der Waals surface area (Å²) in [5.74, 6) is 0.647. The number of rotatable bonds is 3. The van der Waals surface area contributed by atoms with Crippen LogP contribution in [0.15, 0.2) is 6.20 Å². The van der Waals surface area contributed by atoms with E-state index in [2.05, 4.69) is 12.0 Å². The first-order valence-electron chi connectivity index (χ1n) is 3.55. The van der Waals surface area contributed by atoms with Crippen molar-refractivity contribution >= 4 is 11.6 Å². The fourth-order valence-electron chi connectivity index (χ4n) is 0.925. The van der Waals surface area contributed by atoms with Crippen LogP contribution < -0.4 is 4.74 Å². The molecule has 62 valence electrons. The largest absolute Gasteiger partial charge is 0.480 e. The second-order valence-electron chi connectivity index (χ2n) is 2.22. The lowest BCUT2D eigenvalue weighted by Crippen LogP contribution is -2.01. The molecule has 0 spiro atoms. The highest BCUT2D eigenvalue weighted by molar-refractivity contribution is 6.31. The Morgan fingerprint density at radius 2 is 2.45 bits per heavy atom. The van der Waals surface area contributed by atoms with E-state index >= 15 is 0 Å². The molecule has 0 saturated heterocycles. The lowest BCUT2D eigenvalue weighted by molar-refractivity contribution is 0.359. The van der Waals surface area contributed by atoms with Crippen molar-refractivity contribution in [2.45, 2.75) is 19.9 Å². The van der Waals surface area contributed by atoms with Crippen LogP contribution in [0.4, 0.5) is 0 Å². The van der Waals surface area contributed by atoms with Crippen molar-refractivity contribution in [2.24, 2.45) is 0 Å². The first-order valence-corrected chi connectivity index (χ1v) is 3.92. The molecule has 1 heterocycles. The van der Waals surface area contributed by atoms with Crippen molar-refractivity contribution in [2.75, 3.05) is 7.11 Å². The van der Waals surface area contributed by atoms with Gasteiger partial charge in [0.1, 0.15) is 5.02 Å². The van der Waals surface area contributed by atoms with E-state index < -0.39 is 0 Å². The van der Waals surface area contributed by atoms with Gasteiger partial charge in [-0.25, -0.2) is 4.68 Å². The first kappa shape index (κ1) is 8.40. The fraction of sp³-hybridized carbons (Fsp3) is 0.571. The summed E-state index contributed by atoms with van der Waals surface area (Å²) >= 11 is 5.77. The van der Waals surface area contributed by atoms with Crippen molar-refractivity contribution in [3.63, 3.8) is 0 Å². The summed E-state index contributed by atoms with van der Waals surface area (Å²) in [5.41, 5.74) is 0. The molecule has 1 aromatic rings. The molecule has 0 atom stereocenters. The molecule has 0 radical (unpaired) electrons. The highest BCUT2D eigenvalue weighted by Gasteiger charge is 2.06. The highest BCUT2D eigenvalue weighted by Crippen LogP contribution is 2.22. The second kappa shape index (κ2) is 3.62. The third-order valence-corrected chi connectivity index (χ3v) is 1.64. The van der Waals surface area contributed by atoms with E-state index in [1.807, 2.05) is 0 Å². The average molecular weight is 175 g/mol. The van der Waals surface area contributed by atoms with Crippen LogP contribution in [0, 0.1) is 0 Å². The standard InChI is InChI=1S/C7H11ClN2O/c1-3-4-10-7(11-2)6(8)5-9-10/h5H,3-4H2,1-2H3. The van der Waals surface area contributed by atoms with E-state index in [-0.39, 0.29) is 0 Å². The van der Waals surface area contributed by atoms with Crippen molar-refractivity contribution in [3.05, 3.63) is 11.2 Å². The molecular weight excluding hydrogens is 164 g/mol. The van der Waals surface area contributed by atoms with E-state index in [0.717, 1.165) is 13.0 Å². The van der Waals surface area contributed by atoms with Crippen LogP contribution in [0.2, 0.25) is 5.02 Å². The zero-order valence-corrected chi connectivity index (χ0v) is 7.43. The summed E-state index contributed by atoms with van der Waals surface area (Å²) in [6.45, 7) is 2.92. The summed E-state index contributed by atoms with van der Waals surface area (Å²) in [6, 6.07) is 0. The Balaban J connectivity index is 2.86. The Bertz CT molecular complexity index is 234. The molecule has 3 nitrogen and oxygen atoms in total. The number of hydrogen-bond acceptors (Lipinski definition) is 2. The zero-order valence-electron chi connectivity index (χ0n) is 6.67. The van der Waals surface area contributed by atoms with Crippen LogP contribution in [-0.4, -0.2) is 16.9 Å². The van der Waals surface area contributed by atoms with Gasteiger partial charge in [0, 0.05) is 6.54 Å². The van der Waals surface area contributed by atoms with Gasteiger partial charge in [-0.05, 0) is 6.42 Å².